The van der Waals surface area contributed by atoms with Gasteiger partial charge in [-0.15, -0.1) is 12.4 Å². The van der Waals surface area contributed by atoms with Crippen molar-refractivity contribution < 1.29 is 9.18 Å². The van der Waals surface area contributed by atoms with Crippen molar-refractivity contribution in [1.82, 2.24) is 4.90 Å². The lowest BCUT2D eigenvalue weighted by Crippen LogP contribution is -2.52. The van der Waals surface area contributed by atoms with E-state index in [1.165, 1.54) is 6.07 Å². The maximum atomic E-state index is 13.8. The Kier molecular flexibility index (Phi) is 5.11. The second-order valence-electron chi connectivity index (χ2n) is 6.96. The van der Waals surface area contributed by atoms with E-state index in [2.05, 4.69) is 5.32 Å². The number of hydrogen-bond donors (Lipinski definition) is 2. The number of likely N-dealkylation sites (tertiary alicyclic amines) is 1. The van der Waals surface area contributed by atoms with E-state index in [1.54, 1.807) is 24.0 Å². The molecular formula is C20H22ClFN4O. The van der Waals surface area contributed by atoms with Gasteiger partial charge in [0.1, 0.15) is 17.3 Å². The molecular weight excluding hydrogens is 367 g/mol. The molecule has 7 heteroatoms. The second kappa shape index (κ2) is 7.19. The minimum absolute atomic E-state index is 0. The van der Waals surface area contributed by atoms with Crippen molar-refractivity contribution >= 4 is 29.8 Å². The first-order valence-corrected chi connectivity index (χ1v) is 8.76. The van der Waals surface area contributed by atoms with Gasteiger partial charge in [0.25, 0.3) is 5.91 Å². The summed E-state index contributed by atoms with van der Waals surface area (Å²) in [6, 6.07) is 12.5. The van der Waals surface area contributed by atoms with Crippen molar-refractivity contribution in [3.63, 3.8) is 0 Å². The smallest absolute Gasteiger partial charge is 0.253 e. The highest BCUT2D eigenvalue weighted by Gasteiger charge is 2.38. The lowest BCUT2D eigenvalue weighted by atomic mass is 9.93. The molecule has 2 aromatic rings. The topological polar surface area (TPSA) is 70.7 Å². The molecule has 5 nitrogen and oxygen atoms in total. The van der Waals surface area contributed by atoms with Gasteiger partial charge >= 0.3 is 0 Å². The van der Waals surface area contributed by atoms with E-state index in [0.717, 1.165) is 11.3 Å². The molecule has 142 valence electrons. The van der Waals surface area contributed by atoms with Crippen LogP contribution in [0.4, 0.5) is 10.1 Å². The number of amidine groups is 1. The molecule has 0 atom stereocenters. The predicted molar refractivity (Wildman–Crippen MR) is 107 cm³/mol. The summed E-state index contributed by atoms with van der Waals surface area (Å²) in [5.74, 6) is 0.0268. The van der Waals surface area contributed by atoms with Crippen LogP contribution in [-0.4, -0.2) is 35.4 Å². The second-order valence-corrected chi connectivity index (χ2v) is 6.96. The number of aryl methyl sites for hydroxylation is 1. The maximum Gasteiger partial charge on any atom is 0.253 e. The fraction of sp³-hybridized carbons (Fsp3) is 0.300. The number of anilines is 1. The Morgan fingerprint density at radius 3 is 2.63 bits per heavy atom. The van der Waals surface area contributed by atoms with E-state index in [1.807, 2.05) is 24.3 Å². The van der Waals surface area contributed by atoms with Gasteiger partial charge in [0.2, 0.25) is 0 Å². The monoisotopic (exact) mass is 388 g/mol. The number of halogens is 2. The number of aliphatic imine (C=N–C) groups is 1. The summed E-state index contributed by atoms with van der Waals surface area (Å²) in [6.07, 6.45) is 1.31. The number of benzene rings is 2. The molecule has 0 radical (unpaired) electrons. The van der Waals surface area contributed by atoms with Crippen LogP contribution >= 0.6 is 12.4 Å². The fourth-order valence-corrected chi connectivity index (χ4v) is 3.61. The zero-order valence-corrected chi connectivity index (χ0v) is 15.9. The van der Waals surface area contributed by atoms with Crippen molar-refractivity contribution in [2.24, 2.45) is 10.7 Å². The SMILES string of the molecule is Cc1ccc(C(=O)N2CCC3(CC2)N=C(N)c2ccccc2N3)cc1F.Cl. The van der Waals surface area contributed by atoms with Crippen LogP contribution in [0.1, 0.15) is 34.3 Å². The average Bonchev–Trinajstić information content (AvgIpc) is 2.64. The van der Waals surface area contributed by atoms with Crippen molar-refractivity contribution in [3.05, 3.63) is 65.0 Å². The van der Waals surface area contributed by atoms with Gasteiger partial charge in [-0.25, -0.2) is 9.38 Å². The molecule has 1 fully saturated rings. The molecule has 2 aromatic carbocycles. The van der Waals surface area contributed by atoms with Gasteiger partial charge in [-0.1, -0.05) is 18.2 Å². The molecule has 1 amide bonds. The molecule has 0 aromatic heterocycles. The minimum atomic E-state index is -0.478. The van der Waals surface area contributed by atoms with E-state index in [-0.39, 0.29) is 24.1 Å². The lowest BCUT2D eigenvalue weighted by Gasteiger charge is -2.42. The standard InChI is InChI=1S/C20H21FN4O.ClH/c1-13-6-7-14(12-16(13)21)19(26)25-10-8-20(9-11-25)23-17-5-3-2-4-15(17)18(22)24-20;/h2-7,12,23H,8-11H2,1H3,(H2,22,24);1H. The van der Waals surface area contributed by atoms with Crippen LogP contribution in [0.15, 0.2) is 47.5 Å². The highest BCUT2D eigenvalue weighted by Crippen LogP contribution is 2.34. The number of hydrogen-bond acceptors (Lipinski definition) is 4. The summed E-state index contributed by atoms with van der Waals surface area (Å²) < 4.78 is 13.8. The molecule has 4 rings (SSSR count). The Bertz CT molecular complexity index is 907. The number of piperidine rings is 1. The molecule has 27 heavy (non-hydrogen) atoms. The third kappa shape index (κ3) is 3.49. The first kappa shape index (κ1) is 19.2. The molecule has 0 aliphatic carbocycles. The summed E-state index contributed by atoms with van der Waals surface area (Å²) in [5, 5.41) is 3.49. The van der Waals surface area contributed by atoms with Crippen LogP contribution < -0.4 is 11.1 Å². The van der Waals surface area contributed by atoms with Gasteiger partial charge in [-0.3, -0.25) is 4.79 Å². The third-order valence-electron chi connectivity index (χ3n) is 5.20. The largest absolute Gasteiger partial charge is 0.383 e. The Labute approximate surface area is 163 Å². The van der Waals surface area contributed by atoms with E-state index in [0.29, 0.717) is 42.9 Å². The van der Waals surface area contributed by atoms with Crippen LogP contribution in [0.5, 0.6) is 0 Å². The number of carbonyl (C=O) groups excluding carboxylic acids is 1. The molecule has 2 aliphatic heterocycles. The molecule has 0 unspecified atom stereocenters. The molecule has 2 heterocycles. The highest BCUT2D eigenvalue weighted by atomic mass is 35.5. The number of rotatable bonds is 1. The first-order chi connectivity index (χ1) is 12.5. The van der Waals surface area contributed by atoms with Crippen LogP contribution in [0.2, 0.25) is 0 Å². The van der Waals surface area contributed by atoms with Crippen LogP contribution in [0.3, 0.4) is 0 Å². The van der Waals surface area contributed by atoms with Gasteiger partial charge in [0, 0.05) is 42.7 Å². The average molecular weight is 389 g/mol. The third-order valence-corrected chi connectivity index (χ3v) is 5.20. The van der Waals surface area contributed by atoms with E-state index in [9.17, 15) is 9.18 Å². The van der Waals surface area contributed by atoms with Crippen molar-refractivity contribution in [1.29, 1.82) is 0 Å². The number of fused-ring (bicyclic) bond motifs is 1. The number of para-hydroxylation sites is 1. The lowest BCUT2D eigenvalue weighted by molar-refractivity contribution is 0.0685. The Balaban J connectivity index is 0.00000210. The van der Waals surface area contributed by atoms with Crippen molar-refractivity contribution in [2.45, 2.75) is 25.4 Å². The van der Waals surface area contributed by atoms with Crippen LogP contribution in [0, 0.1) is 12.7 Å². The van der Waals surface area contributed by atoms with Crippen LogP contribution in [-0.2, 0) is 0 Å². The molecule has 1 spiro atoms. The van der Waals surface area contributed by atoms with Gasteiger partial charge < -0.3 is 16.0 Å². The van der Waals surface area contributed by atoms with Crippen molar-refractivity contribution in [2.75, 3.05) is 18.4 Å². The zero-order valence-electron chi connectivity index (χ0n) is 15.0. The predicted octanol–water partition coefficient (Wildman–Crippen LogP) is 3.32. The van der Waals surface area contributed by atoms with E-state index >= 15 is 0 Å². The maximum absolute atomic E-state index is 13.8. The fourth-order valence-electron chi connectivity index (χ4n) is 3.61. The summed E-state index contributed by atoms with van der Waals surface area (Å²) in [6.45, 7) is 2.77. The van der Waals surface area contributed by atoms with Gasteiger partial charge in [0.15, 0.2) is 0 Å². The summed E-state index contributed by atoms with van der Waals surface area (Å²) in [7, 11) is 0. The molecule has 0 saturated carbocycles. The summed E-state index contributed by atoms with van der Waals surface area (Å²) >= 11 is 0. The summed E-state index contributed by atoms with van der Waals surface area (Å²) in [4.78, 5) is 19.1. The summed E-state index contributed by atoms with van der Waals surface area (Å²) in [5.41, 5.74) is 8.48. The van der Waals surface area contributed by atoms with Crippen LogP contribution in [0.25, 0.3) is 0 Å². The Morgan fingerprint density at radius 1 is 1.22 bits per heavy atom. The van der Waals surface area contributed by atoms with Gasteiger partial charge in [-0.2, -0.15) is 0 Å². The number of nitrogens with one attached hydrogen (secondary N) is 1. The number of nitrogens with two attached hydrogens (primary N) is 1. The molecule has 2 aliphatic rings. The highest BCUT2D eigenvalue weighted by molar-refractivity contribution is 6.04. The minimum Gasteiger partial charge on any atom is -0.383 e. The molecule has 1 saturated heterocycles. The van der Waals surface area contributed by atoms with Gasteiger partial charge in [0.05, 0.1) is 0 Å². The quantitative estimate of drug-likeness (QED) is 0.787. The Morgan fingerprint density at radius 2 is 1.93 bits per heavy atom. The molecule has 3 N–H and O–H groups in total. The van der Waals surface area contributed by atoms with E-state index < -0.39 is 5.66 Å². The first-order valence-electron chi connectivity index (χ1n) is 8.76. The van der Waals surface area contributed by atoms with E-state index in [4.69, 9.17) is 10.7 Å². The molecule has 0 bridgehead atoms. The number of nitrogens with zero attached hydrogens (tertiary/aromatic N) is 2. The number of carbonyl (C=O) groups is 1. The normalized spacial score (nSPS) is 17.4. The zero-order chi connectivity index (χ0) is 18.3. The number of amides is 1. The Hall–Kier alpha value is -2.60. The van der Waals surface area contributed by atoms with Crippen molar-refractivity contribution in [3.8, 4) is 0 Å². The van der Waals surface area contributed by atoms with Gasteiger partial charge in [-0.05, 0) is 36.8 Å².